The van der Waals surface area contributed by atoms with Crippen LogP contribution in [-0.2, 0) is 4.74 Å². The minimum absolute atomic E-state index is 0.0479. The highest BCUT2D eigenvalue weighted by Crippen LogP contribution is 2.25. The second kappa shape index (κ2) is 6.19. The number of piperidine rings is 1. The molecule has 1 amide bonds. The van der Waals surface area contributed by atoms with E-state index in [-0.39, 0.29) is 11.9 Å². The van der Waals surface area contributed by atoms with Crippen LogP contribution in [0.25, 0.3) is 0 Å². The lowest BCUT2D eigenvalue weighted by molar-refractivity contribution is 0.0602. The smallest absolute Gasteiger partial charge is 0.348 e. The summed E-state index contributed by atoms with van der Waals surface area (Å²) in [4.78, 5) is 26.9. The summed E-state index contributed by atoms with van der Waals surface area (Å²) in [5.41, 5.74) is 0. The van der Waals surface area contributed by atoms with E-state index in [1.54, 1.807) is 12.1 Å². The molecule has 1 atom stereocenters. The predicted molar refractivity (Wildman–Crippen MR) is 74.6 cm³/mol. The fourth-order valence-electron chi connectivity index (χ4n) is 2.50. The van der Waals surface area contributed by atoms with E-state index in [2.05, 4.69) is 11.7 Å². The summed E-state index contributed by atoms with van der Waals surface area (Å²) < 4.78 is 4.66. The third-order valence-electron chi connectivity index (χ3n) is 3.56. The Kier molecular flexibility index (Phi) is 4.58. The van der Waals surface area contributed by atoms with E-state index in [4.69, 9.17) is 0 Å². The van der Waals surface area contributed by atoms with Gasteiger partial charge in [0.15, 0.2) is 0 Å². The van der Waals surface area contributed by atoms with E-state index in [1.807, 2.05) is 4.90 Å². The van der Waals surface area contributed by atoms with Gasteiger partial charge < -0.3 is 9.64 Å². The van der Waals surface area contributed by atoms with E-state index >= 15 is 0 Å². The number of amides is 1. The van der Waals surface area contributed by atoms with E-state index < -0.39 is 0 Å². The lowest BCUT2D eigenvalue weighted by atomic mass is 10.00. The number of ether oxygens (including phenoxy) is 1. The fraction of sp³-hybridized carbons (Fsp3) is 0.571. The Morgan fingerprint density at radius 1 is 1.37 bits per heavy atom. The molecule has 2 heterocycles. The highest BCUT2D eigenvalue weighted by Gasteiger charge is 2.27. The Morgan fingerprint density at radius 3 is 2.79 bits per heavy atom. The number of thiophene rings is 1. The molecule has 1 aliphatic rings. The molecule has 4 nitrogen and oxygen atoms in total. The first-order chi connectivity index (χ1) is 9.17. The Labute approximate surface area is 117 Å². The fourth-order valence-corrected chi connectivity index (χ4v) is 3.38. The molecule has 2 rings (SSSR count). The summed E-state index contributed by atoms with van der Waals surface area (Å²) >= 11 is 1.21. The van der Waals surface area contributed by atoms with E-state index in [1.165, 1.54) is 24.9 Å². The second-order valence-corrected chi connectivity index (χ2v) is 5.80. The maximum absolute atomic E-state index is 12.5. The number of carbonyl (C=O) groups excluding carboxylic acids is 2. The molecule has 19 heavy (non-hydrogen) atoms. The molecule has 0 saturated carbocycles. The Morgan fingerprint density at radius 2 is 2.11 bits per heavy atom. The molecule has 5 heteroatoms. The van der Waals surface area contributed by atoms with Crippen molar-refractivity contribution in [1.82, 2.24) is 4.90 Å². The maximum atomic E-state index is 12.5. The summed E-state index contributed by atoms with van der Waals surface area (Å²) in [6.45, 7) is 2.94. The Balaban J connectivity index is 2.14. The van der Waals surface area contributed by atoms with Gasteiger partial charge in [-0.25, -0.2) is 4.79 Å². The number of carbonyl (C=O) groups is 2. The van der Waals surface area contributed by atoms with Gasteiger partial charge in [0.05, 0.1) is 12.0 Å². The SMILES string of the molecule is CCC1CCCCN1C(=O)c1ccc(C(=O)OC)s1. The number of nitrogens with zero attached hydrogens (tertiary/aromatic N) is 1. The number of rotatable bonds is 3. The summed E-state index contributed by atoms with van der Waals surface area (Å²) in [6.07, 6.45) is 4.33. The molecule has 1 aromatic heterocycles. The van der Waals surface area contributed by atoms with Crippen molar-refractivity contribution >= 4 is 23.2 Å². The van der Waals surface area contributed by atoms with Crippen LogP contribution in [0.5, 0.6) is 0 Å². The first-order valence-corrected chi connectivity index (χ1v) is 7.48. The number of hydrogen-bond donors (Lipinski definition) is 0. The van der Waals surface area contributed by atoms with Crippen molar-refractivity contribution in [1.29, 1.82) is 0 Å². The molecular formula is C14H19NO3S. The topological polar surface area (TPSA) is 46.6 Å². The highest BCUT2D eigenvalue weighted by atomic mass is 32.1. The average molecular weight is 281 g/mol. The molecule has 1 aromatic rings. The van der Waals surface area contributed by atoms with E-state index in [0.29, 0.717) is 15.8 Å². The van der Waals surface area contributed by atoms with Gasteiger partial charge in [0.1, 0.15) is 4.88 Å². The van der Waals surface area contributed by atoms with Crippen LogP contribution < -0.4 is 0 Å². The number of methoxy groups -OCH3 is 1. The van der Waals surface area contributed by atoms with Crippen LogP contribution in [0.15, 0.2) is 12.1 Å². The normalized spacial score (nSPS) is 19.3. The average Bonchev–Trinajstić information content (AvgIpc) is 2.95. The molecule has 0 aliphatic carbocycles. The molecule has 0 aromatic carbocycles. The monoisotopic (exact) mass is 281 g/mol. The number of hydrogen-bond acceptors (Lipinski definition) is 4. The standard InChI is InChI=1S/C14H19NO3S/c1-3-10-6-4-5-9-15(10)13(16)11-7-8-12(19-11)14(17)18-2/h7-8,10H,3-6,9H2,1-2H3. The summed E-state index contributed by atoms with van der Waals surface area (Å²) in [6, 6.07) is 3.72. The Bertz CT molecular complexity index is 469. The third-order valence-corrected chi connectivity index (χ3v) is 4.62. The van der Waals surface area contributed by atoms with E-state index in [0.717, 1.165) is 25.8 Å². The first kappa shape index (κ1) is 14.1. The predicted octanol–water partition coefficient (Wildman–Crippen LogP) is 2.94. The van der Waals surface area contributed by atoms with Gasteiger partial charge in [-0.3, -0.25) is 4.79 Å². The van der Waals surface area contributed by atoms with Crippen LogP contribution in [0.2, 0.25) is 0 Å². The van der Waals surface area contributed by atoms with Gasteiger partial charge in [-0.2, -0.15) is 0 Å². The summed E-state index contributed by atoms with van der Waals surface area (Å²) in [5, 5.41) is 0. The zero-order chi connectivity index (χ0) is 13.8. The van der Waals surface area contributed by atoms with Gasteiger partial charge in [-0.1, -0.05) is 6.92 Å². The Hall–Kier alpha value is -1.36. The van der Waals surface area contributed by atoms with Crippen LogP contribution >= 0.6 is 11.3 Å². The van der Waals surface area contributed by atoms with Crippen molar-refractivity contribution in [3.05, 3.63) is 21.9 Å². The summed E-state index contributed by atoms with van der Waals surface area (Å²) in [5.74, 6) is -0.332. The molecule has 104 valence electrons. The van der Waals surface area contributed by atoms with Crippen molar-refractivity contribution in [2.24, 2.45) is 0 Å². The molecule has 1 saturated heterocycles. The van der Waals surface area contributed by atoms with Crippen molar-refractivity contribution < 1.29 is 14.3 Å². The molecule has 1 aliphatic heterocycles. The van der Waals surface area contributed by atoms with Gasteiger partial charge >= 0.3 is 5.97 Å². The third kappa shape index (κ3) is 2.97. The quantitative estimate of drug-likeness (QED) is 0.800. The van der Waals surface area contributed by atoms with Gasteiger partial charge in [-0.05, 0) is 37.8 Å². The minimum atomic E-state index is -0.380. The lowest BCUT2D eigenvalue weighted by Gasteiger charge is -2.35. The lowest BCUT2D eigenvalue weighted by Crippen LogP contribution is -2.43. The zero-order valence-electron chi connectivity index (χ0n) is 11.3. The molecule has 1 unspecified atom stereocenters. The van der Waals surface area contributed by atoms with Crippen LogP contribution in [0, 0.1) is 0 Å². The molecule has 0 radical (unpaired) electrons. The first-order valence-electron chi connectivity index (χ1n) is 6.66. The van der Waals surface area contributed by atoms with Gasteiger partial charge in [0.2, 0.25) is 0 Å². The van der Waals surface area contributed by atoms with Gasteiger partial charge in [0.25, 0.3) is 5.91 Å². The largest absolute Gasteiger partial charge is 0.465 e. The van der Waals surface area contributed by atoms with E-state index in [9.17, 15) is 9.59 Å². The molecular weight excluding hydrogens is 262 g/mol. The van der Waals surface area contributed by atoms with Crippen molar-refractivity contribution in [3.63, 3.8) is 0 Å². The number of esters is 1. The van der Waals surface area contributed by atoms with Crippen molar-refractivity contribution in [2.75, 3.05) is 13.7 Å². The zero-order valence-corrected chi connectivity index (χ0v) is 12.2. The van der Waals surface area contributed by atoms with Crippen molar-refractivity contribution in [3.8, 4) is 0 Å². The van der Waals surface area contributed by atoms with Crippen LogP contribution in [0.4, 0.5) is 0 Å². The number of likely N-dealkylation sites (tertiary alicyclic amines) is 1. The van der Waals surface area contributed by atoms with Gasteiger partial charge in [0, 0.05) is 12.6 Å². The maximum Gasteiger partial charge on any atom is 0.348 e. The van der Waals surface area contributed by atoms with Crippen LogP contribution in [0.3, 0.4) is 0 Å². The molecule has 1 fully saturated rings. The van der Waals surface area contributed by atoms with Crippen LogP contribution in [0.1, 0.15) is 52.0 Å². The highest BCUT2D eigenvalue weighted by molar-refractivity contribution is 7.15. The van der Waals surface area contributed by atoms with Crippen molar-refractivity contribution in [2.45, 2.75) is 38.6 Å². The molecule has 0 N–H and O–H groups in total. The van der Waals surface area contributed by atoms with Crippen LogP contribution in [-0.4, -0.2) is 36.5 Å². The molecule has 0 spiro atoms. The second-order valence-electron chi connectivity index (χ2n) is 4.71. The van der Waals surface area contributed by atoms with Gasteiger partial charge in [-0.15, -0.1) is 11.3 Å². The molecule has 0 bridgehead atoms. The minimum Gasteiger partial charge on any atom is -0.465 e. The summed E-state index contributed by atoms with van der Waals surface area (Å²) in [7, 11) is 1.35.